The number of carbonyl (C=O) groups excluding carboxylic acids is 2. The van der Waals surface area contributed by atoms with Gasteiger partial charge in [0.15, 0.2) is 0 Å². The maximum Gasteiger partial charge on any atom is 0.251 e. The molecule has 0 bridgehead atoms. The van der Waals surface area contributed by atoms with E-state index in [-0.39, 0.29) is 22.9 Å². The lowest BCUT2D eigenvalue weighted by Gasteiger charge is -2.21. The van der Waals surface area contributed by atoms with E-state index in [0.717, 1.165) is 4.31 Å². The topological polar surface area (TPSA) is 83.6 Å². The molecule has 7 heteroatoms. The minimum Gasteiger partial charge on any atom is -0.347 e. The number of benzene rings is 1. The summed E-state index contributed by atoms with van der Waals surface area (Å²) in [5.74, 6) is -1.42. The first-order valence-corrected chi connectivity index (χ1v) is 8.61. The van der Waals surface area contributed by atoms with Crippen LogP contribution in [0.2, 0.25) is 0 Å². The molecule has 1 saturated heterocycles. The standard InChI is InChI=1S/C15H20N2O4S/c1-10-9-22(20,21)17(14(10)19)12-7-5-11(6-8-12)13(18)16-15(2,3)4/h5-8,10H,9H2,1-4H3,(H,16,18)/t10-/m1/s1. The molecule has 0 unspecified atom stereocenters. The average molecular weight is 324 g/mol. The lowest BCUT2D eigenvalue weighted by Crippen LogP contribution is -2.40. The molecule has 2 amide bonds. The molecule has 0 saturated carbocycles. The Morgan fingerprint density at radius 1 is 1.23 bits per heavy atom. The molecule has 1 aromatic rings. The Balaban J connectivity index is 2.26. The number of rotatable bonds is 2. The first-order valence-electron chi connectivity index (χ1n) is 7.01. The van der Waals surface area contributed by atoms with E-state index in [4.69, 9.17) is 0 Å². The molecule has 1 atom stereocenters. The second-order valence-corrected chi connectivity index (χ2v) is 8.40. The van der Waals surface area contributed by atoms with Crippen LogP contribution in [0.1, 0.15) is 38.1 Å². The van der Waals surface area contributed by atoms with Crippen molar-refractivity contribution in [3.63, 3.8) is 0 Å². The minimum absolute atomic E-state index is 0.182. The van der Waals surface area contributed by atoms with E-state index in [9.17, 15) is 18.0 Å². The summed E-state index contributed by atoms with van der Waals surface area (Å²) in [5, 5.41) is 2.82. The normalized spacial score (nSPS) is 21.0. The highest BCUT2D eigenvalue weighted by molar-refractivity contribution is 7.94. The summed E-state index contributed by atoms with van der Waals surface area (Å²) in [6.45, 7) is 7.20. The van der Waals surface area contributed by atoms with Gasteiger partial charge in [-0.3, -0.25) is 9.59 Å². The van der Waals surface area contributed by atoms with Crippen LogP contribution in [0.25, 0.3) is 0 Å². The lowest BCUT2D eigenvalue weighted by molar-refractivity contribution is -0.119. The predicted molar refractivity (Wildman–Crippen MR) is 84.1 cm³/mol. The van der Waals surface area contributed by atoms with E-state index in [2.05, 4.69) is 5.32 Å². The Morgan fingerprint density at radius 2 is 1.77 bits per heavy atom. The maximum atomic E-state index is 12.0. The van der Waals surface area contributed by atoms with Crippen LogP contribution in [0, 0.1) is 5.92 Å². The van der Waals surface area contributed by atoms with Crippen molar-refractivity contribution in [1.29, 1.82) is 0 Å². The molecule has 1 heterocycles. The van der Waals surface area contributed by atoms with Crippen molar-refractivity contribution in [2.24, 2.45) is 5.92 Å². The summed E-state index contributed by atoms with van der Waals surface area (Å²) in [6, 6.07) is 5.99. The van der Waals surface area contributed by atoms with Crippen molar-refractivity contribution in [2.45, 2.75) is 33.2 Å². The fourth-order valence-electron chi connectivity index (χ4n) is 2.25. The Bertz CT molecular complexity index is 702. The summed E-state index contributed by atoms with van der Waals surface area (Å²) in [6.07, 6.45) is 0. The molecule has 1 fully saturated rings. The van der Waals surface area contributed by atoms with Gasteiger partial charge in [-0.1, -0.05) is 6.92 Å². The van der Waals surface area contributed by atoms with Crippen LogP contribution in [0.15, 0.2) is 24.3 Å². The zero-order chi connectivity index (χ0) is 16.7. The summed E-state index contributed by atoms with van der Waals surface area (Å²) >= 11 is 0. The van der Waals surface area contributed by atoms with Crippen molar-refractivity contribution in [1.82, 2.24) is 5.32 Å². The van der Waals surface area contributed by atoms with Gasteiger partial charge in [0.05, 0.1) is 17.4 Å². The van der Waals surface area contributed by atoms with Crippen molar-refractivity contribution >= 4 is 27.5 Å². The van der Waals surface area contributed by atoms with Crippen LogP contribution in [0.5, 0.6) is 0 Å². The quantitative estimate of drug-likeness (QED) is 0.894. The predicted octanol–water partition coefficient (Wildman–Crippen LogP) is 1.53. The van der Waals surface area contributed by atoms with Crippen LogP contribution >= 0.6 is 0 Å². The number of amides is 2. The number of carbonyl (C=O) groups is 2. The molecule has 2 rings (SSSR count). The smallest absolute Gasteiger partial charge is 0.251 e. The molecule has 22 heavy (non-hydrogen) atoms. The van der Waals surface area contributed by atoms with Crippen molar-refractivity contribution in [3.8, 4) is 0 Å². The van der Waals surface area contributed by atoms with E-state index in [1.54, 1.807) is 6.92 Å². The summed E-state index contributed by atoms with van der Waals surface area (Å²) in [4.78, 5) is 24.0. The van der Waals surface area contributed by atoms with Crippen LogP contribution in [-0.4, -0.2) is 31.5 Å². The number of nitrogens with one attached hydrogen (secondary N) is 1. The molecule has 1 aliphatic heterocycles. The molecular formula is C15H20N2O4S. The van der Waals surface area contributed by atoms with E-state index in [1.807, 2.05) is 20.8 Å². The fourth-order valence-corrected chi connectivity index (χ4v) is 4.07. The van der Waals surface area contributed by atoms with Crippen LogP contribution in [-0.2, 0) is 14.8 Å². The highest BCUT2D eigenvalue weighted by Gasteiger charge is 2.41. The Hall–Kier alpha value is -1.89. The van der Waals surface area contributed by atoms with Gasteiger partial charge in [0.25, 0.3) is 5.91 Å². The first-order chi connectivity index (χ1) is 10.0. The molecule has 1 aromatic carbocycles. The van der Waals surface area contributed by atoms with Gasteiger partial charge >= 0.3 is 0 Å². The van der Waals surface area contributed by atoms with Gasteiger partial charge in [-0.15, -0.1) is 0 Å². The minimum atomic E-state index is -3.62. The number of hydrogen-bond donors (Lipinski definition) is 1. The zero-order valence-electron chi connectivity index (χ0n) is 13.1. The third-order valence-electron chi connectivity index (χ3n) is 3.21. The van der Waals surface area contributed by atoms with Gasteiger partial charge < -0.3 is 5.32 Å². The first kappa shape index (κ1) is 16.5. The maximum absolute atomic E-state index is 12.0. The largest absolute Gasteiger partial charge is 0.347 e. The monoisotopic (exact) mass is 324 g/mol. The van der Waals surface area contributed by atoms with E-state index in [0.29, 0.717) is 5.56 Å². The fraction of sp³-hybridized carbons (Fsp3) is 0.467. The second kappa shape index (κ2) is 5.39. The Kier molecular flexibility index (Phi) is 4.04. The summed E-state index contributed by atoms with van der Waals surface area (Å²) in [5.41, 5.74) is 0.317. The number of anilines is 1. The summed E-state index contributed by atoms with van der Waals surface area (Å²) in [7, 11) is -3.62. The molecule has 1 aliphatic rings. The highest BCUT2D eigenvalue weighted by Crippen LogP contribution is 2.28. The Morgan fingerprint density at radius 3 is 2.18 bits per heavy atom. The van der Waals surface area contributed by atoms with E-state index < -0.39 is 21.8 Å². The number of hydrogen-bond acceptors (Lipinski definition) is 4. The van der Waals surface area contributed by atoms with Crippen molar-refractivity contribution in [3.05, 3.63) is 29.8 Å². The van der Waals surface area contributed by atoms with Crippen LogP contribution in [0.4, 0.5) is 5.69 Å². The lowest BCUT2D eigenvalue weighted by atomic mass is 10.1. The van der Waals surface area contributed by atoms with E-state index in [1.165, 1.54) is 24.3 Å². The van der Waals surface area contributed by atoms with Gasteiger partial charge in [0.2, 0.25) is 15.9 Å². The number of nitrogens with zero attached hydrogens (tertiary/aromatic N) is 1. The highest BCUT2D eigenvalue weighted by atomic mass is 32.2. The molecule has 0 aliphatic carbocycles. The van der Waals surface area contributed by atoms with E-state index >= 15 is 0 Å². The SMILES string of the molecule is C[C@@H]1CS(=O)(=O)N(c2ccc(C(=O)NC(C)(C)C)cc2)C1=O. The van der Waals surface area contributed by atoms with Crippen molar-refractivity contribution < 1.29 is 18.0 Å². The van der Waals surface area contributed by atoms with Crippen LogP contribution in [0.3, 0.4) is 0 Å². The van der Waals surface area contributed by atoms with Crippen LogP contribution < -0.4 is 9.62 Å². The Labute approximate surface area is 130 Å². The number of sulfonamides is 1. The molecule has 120 valence electrons. The van der Waals surface area contributed by atoms with Crippen molar-refractivity contribution in [2.75, 3.05) is 10.1 Å². The second-order valence-electron chi connectivity index (χ2n) is 6.53. The molecule has 0 aromatic heterocycles. The van der Waals surface area contributed by atoms with Gasteiger partial charge in [-0.2, -0.15) is 0 Å². The molecule has 0 spiro atoms. The molecule has 6 nitrogen and oxygen atoms in total. The molecule has 1 N–H and O–H groups in total. The third-order valence-corrected chi connectivity index (χ3v) is 5.08. The average Bonchev–Trinajstić information content (AvgIpc) is 2.56. The van der Waals surface area contributed by atoms with Gasteiger partial charge in [-0.05, 0) is 45.0 Å². The molecular weight excluding hydrogens is 304 g/mol. The third kappa shape index (κ3) is 3.30. The summed E-state index contributed by atoms with van der Waals surface area (Å²) < 4.78 is 24.9. The molecule has 0 radical (unpaired) electrons. The van der Waals surface area contributed by atoms with Gasteiger partial charge in [0, 0.05) is 11.1 Å². The van der Waals surface area contributed by atoms with Gasteiger partial charge in [0.1, 0.15) is 0 Å². The van der Waals surface area contributed by atoms with Gasteiger partial charge in [-0.25, -0.2) is 12.7 Å². The zero-order valence-corrected chi connectivity index (χ0v) is 13.9.